The first-order chi connectivity index (χ1) is 16.6. The van der Waals surface area contributed by atoms with E-state index in [0.29, 0.717) is 11.3 Å². The van der Waals surface area contributed by atoms with Crippen LogP contribution in [0.25, 0.3) is 11.1 Å². The lowest BCUT2D eigenvalue weighted by Gasteiger charge is -2.32. The molecular formula is C27H29N3O5. The van der Waals surface area contributed by atoms with Crippen LogP contribution in [0.4, 0.5) is 0 Å². The highest BCUT2D eigenvalue weighted by Crippen LogP contribution is 2.28. The highest BCUT2D eigenvalue weighted by atomic mass is 16.5. The number of aryl methyl sites for hydroxylation is 1. The van der Waals surface area contributed by atoms with Crippen molar-refractivity contribution in [2.75, 3.05) is 13.2 Å². The molecule has 0 radical (unpaired) electrons. The third kappa shape index (κ3) is 6.64. The molecule has 2 aromatic carbocycles. The quantitative estimate of drug-likeness (QED) is 0.350. The van der Waals surface area contributed by atoms with Crippen LogP contribution in [0.2, 0.25) is 0 Å². The van der Waals surface area contributed by atoms with Gasteiger partial charge in [-0.25, -0.2) is 4.79 Å². The highest BCUT2D eigenvalue weighted by molar-refractivity contribution is 5.92. The maximum atomic E-state index is 11.7. The second-order valence-corrected chi connectivity index (χ2v) is 8.88. The molecule has 0 saturated carbocycles. The van der Waals surface area contributed by atoms with Gasteiger partial charge in [-0.05, 0) is 68.3 Å². The van der Waals surface area contributed by atoms with Crippen LogP contribution in [0, 0.1) is 18.3 Å². The molecule has 3 rings (SSSR count). The van der Waals surface area contributed by atoms with Crippen molar-refractivity contribution < 1.29 is 24.9 Å². The summed E-state index contributed by atoms with van der Waals surface area (Å²) >= 11 is 0. The third-order valence-electron chi connectivity index (χ3n) is 5.66. The molecule has 4 N–H and O–H groups in total. The number of nitriles is 1. The molecule has 3 aromatic rings. The number of aromatic nitrogens is 1. The fourth-order valence-corrected chi connectivity index (χ4v) is 3.54. The maximum absolute atomic E-state index is 11.7. The van der Waals surface area contributed by atoms with E-state index in [0.717, 1.165) is 16.8 Å². The Morgan fingerprint density at radius 3 is 2.43 bits per heavy atom. The molecule has 0 aliphatic rings. The summed E-state index contributed by atoms with van der Waals surface area (Å²) in [6, 6.07) is 19.1. The number of aliphatic hydroxyl groups excluding tert-OH is 2. The number of aromatic carboxylic acids is 1. The molecule has 8 nitrogen and oxygen atoms in total. The molecule has 8 heteroatoms. The Morgan fingerprint density at radius 1 is 1.11 bits per heavy atom. The van der Waals surface area contributed by atoms with Gasteiger partial charge in [-0.1, -0.05) is 24.3 Å². The predicted molar refractivity (Wildman–Crippen MR) is 131 cm³/mol. The number of hydrogen-bond donors (Lipinski definition) is 4. The fourth-order valence-electron chi connectivity index (χ4n) is 3.54. The molecule has 0 bridgehead atoms. The standard InChI is InChI=1S/C27H29N3O5/c1-17-5-4-6-23(30-17)25(32)27(2,3)29-15-21(31)16-35-24-13-20(11-12-22(24)26(33)34)19-9-7-18(14-28)8-10-19/h4-13,21,25,29,31-32H,15-16H2,1-3H3,(H,33,34)/t21-,25?/m1/s1. The molecule has 2 atom stereocenters. The second kappa shape index (κ2) is 11.1. The van der Waals surface area contributed by atoms with E-state index < -0.39 is 23.7 Å². The number of nitrogens with zero attached hydrogens (tertiary/aromatic N) is 2. The van der Waals surface area contributed by atoms with Crippen LogP contribution in [0.1, 0.15) is 47.3 Å². The lowest BCUT2D eigenvalue weighted by Crippen LogP contribution is -2.49. The average Bonchev–Trinajstić information content (AvgIpc) is 2.85. The Balaban J connectivity index is 1.66. The van der Waals surface area contributed by atoms with E-state index >= 15 is 0 Å². The summed E-state index contributed by atoms with van der Waals surface area (Å²) in [6.07, 6.45) is -1.87. The van der Waals surface area contributed by atoms with E-state index in [1.165, 1.54) is 6.07 Å². The zero-order chi connectivity index (χ0) is 25.6. The Labute approximate surface area is 204 Å². The van der Waals surface area contributed by atoms with Gasteiger partial charge in [0.25, 0.3) is 0 Å². The number of carboxylic acids is 1. The Morgan fingerprint density at radius 2 is 1.80 bits per heavy atom. The monoisotopic (exact) mass is 475 g/mol. The fraction of sp³-hybridized carbons (Fsp3) is 0.296. The van der Waals surface area contributed by atoms with Crippen LogP contribution in [0.3, 0.4) is 0 Å². The van der Waals surface area contributed by atoms with Crippen molar-refractivity contribution in [1.82, 2.24) is 10.3 Å². The van der Waals surface area contributed by atoms with E-state index in [9.17, 15) is 20.1 Å². The van der Waals surface area contributed by atoms with Crippen LogP contribution in [0.5, 0.6) is 5.75 Å². The number of carboxylic acid groups (broad SMARTS) is 1. The Hall–Kier alpha value is -3.77. The zero-order valence-electron chi connectivity index (χ0n) is 19.9. The molecule has 1 heterocycles. The molecule has 35 heavy (non-hydrogen) atoms. The molecule has 1 aromatic heterocycles. The van der Waals surface area contributed by atoms with Crippen molar-refractivity contribution in [3.05, 3.63) is 83.2 Å². The molecule has 0 amide bonds. The van der Waals surface area contributed by atoms with Crippen molar-refractivity contribution >= 4 is 5.97 Å². The van der Waals surface area contributed by atoms with Gasteiger partial charge in [-0.3, -0.25) is 4.98 Å². The number of pyridine rings is 1. The van der Waals surface area contributed by atoms with Crippen molar-refractivity contribution in [1.29, 1.82) is 5.26 Å². The van der Waals surface area contributed by atoms with E-state index in [1.807, 2.05) is 19.1 Å². The number of β-amino-alcohol motifs (C(OH)–C–C–N with tert-alkyl or cyclic N) is 1. The van der Waals surface area contributed by atoms with Gasteiger partial charge in [0.2, 0.25) is 0 Å². The zero-order valence-corrected chi connectivity index (χ0v) is 19.9. The molecule has 182 valence electrons. The minimum atomic E-state index is -1.14. The molecule has 1 unspecified atom stereocenters. The minimum absolute atomic E-state index is 0.0242. The number of carbonyl (C=O) groups is 1. The first-order valence-electron chi connectivity index (χ1n) is 11.2. The van der Waals surface area contributed by atoms with Gasteiger partial charge in [0.1, 0.15) is 30.1 Å². The number of hydrogen-bond acceptors (Lipinski definition) is 7. The smallest absolute Gasteiger partial charge is 0.339 e. The lowest BCUT2D eigenvalue weighted by atomic mass is 9.94. The Kier molecular flexibility index (Phi) is 8.20. The topological polar surface area (TPSA) is 136 Å². The van der Waals surface area contributed by atoms with Gasteiger partial charge in [0.05, 0.1) is 17.3 Å². The molecule has 0 aliphatic carbocycles. The molecule has 0 aliphatic heterocycles. The van der Waals surface area contributed by atoms with E-state index in [4.69, 9.17) is 10.00 Å². The second-order valence-electron chi connectivity index (χ2n) is 8.88. The molecule has 0 saturated heterocycles. The van der Waals surface area contributed by atoms with Crippen LogP contribution < -0.4 is 10.1 Å². The summed E-state index contributed by atoms with van der Waals surface area (Å²) in [5, 5.41) is 42.9. The number of aliphatic hydroxyl groups is 2. The first kappa shape index (κ1) is 25.8. The van der Waals surface area contributed by atoms with Crippen molar-refractivity contribution in [3.8, 4) is 22.9 Å². The van der Waals surface area contributed by atoms with Crippen LogP contribution in [0.15, 0.2) is 60.7 Å². The lowest BCUT2D eigenvalue weighted by molar-refractivity contribution is 0.0520. The molecule has 0 spiro atoms. The van der Waals surface area contributed by atoms with Crippen LogP contribution in [-0.4, -0.2) is 51.1 Å². The van der Waals surface area contributed by atoms with Gasteiger partial charge in [-0.2, -0.15) is 5.26 Å². The van der Waals surface area contributed by atoms with Gasteiger partial charge in [-0.15, -0.1) is 0 Å². The van der Waals surface area contributed by atoms with Gasteiger partial charge < -0.3 is 25.4 Å². The number of rotatable bonds is 10. The first-order valence-corrected chi connectivity index (χ1v) is 11.2. The van der Waals surface area contributed by atoms with Crippen molar-refractivity contribution in [3.63, 3.8) is 0 Å². The number of nitrogens with one attached hydrogen (secondary N) is 1. The minimum Gasteiger partial charge on any atom is -0.490 e. The summed E-state index contributed by atoms with van der Waals surface area (Å²) < 4.78 is 5.70. The van der Waals surface area contributed by atoms with Crippen LogP contribution in [-0.2, 0) is 0 Å². The summed E-state index contributed by atoms with van der Waals surface area (Å²) in [6.45, 7) is 5.41. The Bertz CT molecular complexity index is 1220. The van der Waals surface area contributed by atoms with E-state index in [-0.39, 0.29) is 24.5 Å². The maximum Gasteiger partial charge on any atom is 0.339 e. The summed E-state index contributed by atoms with van der Waals surface area (Å²) in [5.74, 6) is -1.02. The van der Waals surface area contributed by atoms with Gasteiger partial charge in [0, 0.05) is 17.8 Å². The van der Waals surface area contributed by atoms with E-state index in [2.05, 4.69) is 16.4 Å². The third-order valence-corrected chi connectivity index (χ3v) is 5.66. The van der Waals surface area contributed by atoms with Gasteiger partial charge in [0.15, 0.2) is 0 Å². The number of benzene rings is 2. The van der Waals surface area contributed by atoms with Crippen LogP contribution >= 0.6 is 0 Å². The normalized spacial score (nSPS) is 13.0. The molecular weight excluding hydrogens is 446 g/mol. The van der Waals surface area contributed by atoms with E-state index in [1.54, 1.807) is 56.3 Å². The number of ether oxygens (including phenoxy) is 1. The van der Waals surface area contributed by atoms with Crippen molar-refractivity contribution in [2.45, 2.75) is 38.5 Å². The largest absolute Gasteiger partial charge is 0.490 e. The summed E-state index contributed by atoms with van der Waals surface area (Å²) in [5.41, 5.74) is 2.55. The SMILES string of the molecule is Cc1cccc(C(O)C(C)(C)NC[C@@H](O)COc2cc(-c3ccc(C#N)cc3)ccc2C(=O)O)n1. The predicted octanol–water partition coefficient (Wildman–Crippen LogP) is 3.47. The molecule has 0 fully saturated rings. The summed E-state index contributed by atoms with van der Waals surface area (Å²) in [7, 11) is 0. The summed E-state index contributed by atoms with van der Waals surface area (Å²) in [4.78, 5) is 16.0. The van der Waals surface area contributed by atoms with Gasteiger partial charge >= 0.3 is 5.97 Å². The van der Waals surface area contributed by atoms with Crippen molar-refractivity contribution in [2.24, 2.45) is 0 Å². The average molecular weight is 476 g/mol. The highest BCUT2D eigenvalue weighted by Gasteiger charge is 2.30.